The Morgan fingerprint density at radius 1 is 1.35 bits per heavy atom. The van der Waals surface area contributed by atoms with Crippen molar-refractivity contribution < 1.29 is 9.66 Å². The van der Waals surface area contributed by atoms with E-state index in [2.05, 4.69) is 15.2 Å². The van der Waals surface area contributed by atoms with Crippen LogP contribution >= 0.6 is 11.6 Å². The number of fused-ring (bicyclic) bond motifs is 1. The molecule has 0 fully saturated rings. The van der Waals surface area contributed by atoms with E-state index < -0.39 is 4.92 Å². The molecule has 20 heavy (non-hydrogen) atoms. The van der Waals surface area contributed by atoms with Crippen molar-refractivity contribution in [1.29, 1.82) is 0 Å². The first-order chi connectivity index (χ1) is 9.63. The molecule has 0 saturated carbocycles. The highest BCUT2D eigenvalue weighted by Gasteiger charge is 2.12. The van der Waals surface area contributed by atoms with Gasteiger partial charge in [-0.3, -0.25) is 10.1 Å². The summed E-state index contributed by atoms with van der Waals surface area (Å²) in [6.45, 7) is 0. The van der Waals surface area contributed by atoms with Gasteiger partial charge < -0.3 is 4.74 Å². The van der Waals surface area contributed by atoms with Gasteiger partial charge in [-0.25, -0.2) is 0 Å². The number of non-ortho nitro benzene ring substituents is 1. The van der Waals surface area contributed by atoms with Crippen molar-refractivity contribution in [3.05, 3.63) is 51.9 Å². The van der Waals surface area contributed by atoms with Crippen LogP contribution in [0.1, 0.15) is 0 Å². The Kier molecular flexibility index (Phi) is 2.92. The van der Waals surface area contributed by atoms with E-state index in [0.29, 0.717) is 5.52 Å². The van der Waals surface area contributed by atoms with E-state index >= 15 is 0 Å². The van der Waals surface area contributed by atoms with Crippen LogP contribution in [0.25, 0.3) is 5.52 Å². The molecule has 3 aromatic rings. The molecule has 0 bridgehead atoms. The van der Waals surface area contributed by atoms with Crippen molar-refractivity contribution in [2.45, 2.75) is 0 Å². The molecule has 2 aromatic heterocycles. The highest BCUT2D eigenvalue weighted by atomic mass is 35.5. The van der Waals surface area contributed by atoms with Crippen LogP contribution in [0.4, 0.5) is 5.69 Å². The topological polar surface area (TPSA) is 95.5 Å². The van der Waals surface area contributed by atoms with Crippen LogP contribution in [0.2, 0.25) is 5.28 Å². The molecular weight excluding hydrogens is 286 g/mol. The maximum Gasteiger partial charge on any atom is 0.273 e. The van der Waals surface area contributed by atoms with Crippen LogP contribution in [-0.2, 0) is 0 Å². The lowest BCUT2D eigenvalue weighted by Crippen LogP contribution is -2.00. The number of benzene rings is 1. The van der Waals surface area contributed by atoms with Gasteiger partial charge in [0.25, 0.3) is 5.69 Å². The summed E-state index contributed by atoms with van der Waals surface area (Å²) < 4.78 is 6.79. The summed E-state index contributed by atoms with van der Waals surface area (Å²) in [7, 11) is 0. The second kappa shape index (κ2) is 4.74. The third-order valence-corrected chi connectivity index (χ3v) is 2.62. The van der Waals surface area contributed by atoms with Gasteiger partial charge in [0, 0.05) is 6.07 Å². The molecule has 0 atom stereocenters. The van der Waals surface area contributed by atoms with Gasteiger partial charge in [-0.1, -0.05) is 6.07 Å². The molecule has 0 spiro atoms. The summed E-state index contributed by atoms with van der Waals surface area (Å²) in [5.41, 5.74) is 0.424. The fourth-order valence-corrected chi connectivity index (χ4v) is 1.77. The predicted octanol–water partition coefficient (Wildman–Crippen LogP) is 2.48. The highest BCUT2D eigenvalue weighted by molar-refractivity contribution is 6.28. The average molecular weight is 292 g/mol. The zero-order valence-electron chi connectivity index (χ0n) is 9.80. The lowest BCUT2D eigenvalue weighted by molar-refractivity contribution is -0.384. The normalized spacial score (nSPS) is 10.7. The third kappa shape index (κ3) is 2.24. The first kappa shape index (κ1) is 12.3. The molecule has 2 heterocycles. The van der Waals surface area contributed by atoms with Gasteiger partial charge in [0.1, 0.15) is 11.3 Å². The number of halogens is 1. The van der Waals surface area contributed by atoms with Crippen molar-refractivity contribution in [2.24, 2.45) is 0 Å². The van der Waals surface area contributed by atoms with Crippen molar-refractivity contribution in [3.8, 4) is 11.6 Å². The van der Waals surface area contributed by atoms with Crippen molar-refractivity contribution in [3.63, 3.8) is 0 Å². The number of nitrogens with zero attached hydrogens (tertiary/aromatic N) is 5. The average Bonchev–Trinajstić information content (AvgIpc) is 2.87. The molecule has 8 nitrogen and oxygen atoms in total. The second-order valence-electron chi connectivity index (χ2n) is 3.75. The van der Waals surface area contributed by atoms with Crippen LogP contribution < -0.4 is 4.74 Å². The Morgan fingerprint density at radius 2 is 2.20 bits per heavy atom. The standard InChI is InChI=1S/C11H6ClN5O3/c12-11-14-10(9-4-5-13-16(9)15-11)20-8-3-1-2-7(6-8)17(18)19/h1-6H. The Labute approximate surface area is 116 Å². The summed E-state index contributed by atoms with van der Waals surface area (Å²) >= 11 is 5.76. The van der Waals surface area contributed by atoms with Gasteiger partial charge >= 0.3 is 0 Å². The highest BCUT2D eigenvalue weighted by Crippen LogP contribution is 2.27. The van der Waals surface area contributed by atoms with Gasteiger partial charge in [0.15, 0.2) is 0 Å². The minimum atomic E-state index is -0.506. The Hall–Kier alpha value is -2.74. The van der Waals surface area contributed by atoms with Gasteiger partial charge in [-0.05, 0) is 23.7 Å². The van der Waals surface area contributed by atoms with Crippen LogP contribution in [-0.4, -0.2) is 24.7 Å². The van der Waals surface area contributed by atoms with Crippen molar-refractivity contribution in [2.75, 3.05) is 0 Å². The maximum absolute atomic E-state index is 10.7. The van der Waals surface area contributed by atoms with E-state index in [1.54, 1.807) is 12.1 Å². The summed E-state index contributed by atoms with van der Waals surface area (Å²) in [6, 6.07) is 7.40. The van der Waals surface area contributed by atoms with E-state index in [9.17, 15) is 10.1 Å². The van der Waals surface area contributed by atoms with Crippen LogP contribution in [0, 0.1) is 10.1 Å². The van der Waals surface area contributed by atoms with Gasteiger partial charge in [-0.2, -0.15) is 10.1 Å². The van der Waals surface area contributed by atoms with Gasteiger partial charge in [0.2, 0.25) is 11.2 Å². The van der Waals surface area contributed by atoms with Crippen LogP contribution in [0.15, 0.2) is 36.5 Å². The smallest absolute Gasteiger partial charge is 0.273 e. The van der Waals surface area contributed by atoms with E-state index in [-0.39, 0.29) is 22.6 Å². The predicted molar refractivity (Wildman–Crippen MR) is 69.0 cm³/mol. The second-order valence-corrected chi connectivity index (χ2v) is 4.09. The lowest BCUT2D eigenvalue weighted by atomic mass is 10.3. The first-order valence-electron chi connectivity index (χ1n) is 5.43. The summed E-state index contributed by atoms with van der Waals surface area (Å²) in [6.07, 6.45) is 1.51. The Balaban J connectivity index is 2.02. The number of rotatable bonds is 3. The molecule has 100 valence electrons. The van der Waals surface area contributed by atoms with Gasteiger partial charge in [0.05, 0.1) is 17.2 Å². The Morgan fingerprint density at radius 3 is 3.00 bits per heavy atom. The van der Waals surface area contributed by atoms with E-state index in [1.165, 1.54) is 29.0 Å². The third-order valence-electron chi connectivity index (χ3n) is 2.46. The number of nitro groups is 1. The molecule has 0 unspecified atom stereocenters. The quantitative estimate of drug-likeness (QED) is 0.543. The number of hydrogen-bond donors (Lipinski definition) is 0. The molecule has 0 amide bonds. The van der Waals surface area contributed by atoms with E-state index in [4.69, 9.17) is 16.3 Å². The van der Waals surface area contributed by atoms with E-state index in [0.717, 1.165) is 0 Å². The number of aromatic nitrogens is 4. The van der Waals surface area contributed by atoms with E-state index in [1.807, 2.05) is 0 Å². The Bertz CT molecular complexity index is 804. The minimum absolute atomic E-state index is 0.0402. The van der Waals surface area contributed by atoms with Crippen LogP contribution in [0.5, 0.6) is 11.6 Å². The SMILES string of the molecule is O=[N+]([O-])c1cccc(Oc2nc(Cl)nn3nccc23)c1. The van der Waals surface area contributed by atoms with Crippen LogP contribution in [0.3, 0.4) is 0 Å². The van der Waals surface area contributed by atoms with Gasteiger partial charge in [-0.15, -0.1) is 9.73 Å². The molecule has 9 heteroatoms. The summed E-state index contributed by atoms with van der Waals surface area (Å²) in [4.78, 5) is 14.2. The molecule has 3 rings (SSSR count). The monoisotopic (exact) mass is 291 g/mol. The van der Waals surface area contributed by atoms with Crippen molar-refractivity contribution >= 4 is 22.8 Å². The molecule has 0 aliphatic heterocycles. The molecule has 0 aliphatic rings. The minimum Gasteiger partial charge on any atom is -0.437 e. The molecule has 0 aliphatic carbocycles. The fourth-order valence-electron chi connectivity index (χ4n) is 1.62. The maximum atomic E-state index is 10.7. The first-order valence-corrected chi connectivity index (χ1v) is 5.81. The lowest BCUT2D eigenvalue weighted by Gasteiger charge is -2.05. The summed E-state index contributed by atoms with van der Waals surface area (Å²) in [5.74, 6) is 0.445. The largest absolute Gasteiger partial charge is 0.437 e. The zero-order chi connectivity index (χ0) is 14.1. The fraction of sp³-hybridized carbons (Fsp3) is 0. The molecule has 0 N–H and O–H groups in total. The molecule has 0 radical (unpaired) electrons. The molecule has 1 aromatic carbocycles. The van der Waals surface area contributed by atoms with Crippen molar-refractivity contribution in [1.82, 2.24) is 19.8 Å². The number of hydrogen-bond acceptors (Lipinski definition) is 6. The summed E-state index contributed by atoms with van der Waals surface area (Å²) in [5, 5.41) is 18.5. The molecular formula is C11H6ClN5O3. The number of nitro benzene ring substituents is 1. The zero-order valence-corrected chi connectivity index (χ0v) is 10.6. The molecule has 0 saturated heterocycles. The number of ether oxygens (including phenoxy) is 1.